The van der Waals surface area contributed by atoms with Crippen LogP contribution in [-0.4, -0.2) is 49.1 Å². The minimum atomic E-state index is -4.91. The maximum Gasteiger partial charge on any atom is 0.416 e. The summed E-state index contributed by atoms with van der Waals surface area (Å²) in [5.41, 5.74) is -4.30. The zero-order valence-electron chi connectivity index (χ0n) is 24.3. The van der Waals surface area contributed by atoms with E-state index in [1.54, 1.807) is 20.8 Å². The molecule has 0 radical (unpaired) electrons. The molecule has 0 saturated heterocycles. The van der Waals surface area contributed by atoms with Crippen molar-refractivity contribution in [2.75, 3.05) is 13.7 Å². The van der Waals surface area contributed by atoms with Crippen LogP contribution in [0.25, 0.3) is 0 Å². The summed E-state index contributed by atoms with van der Waals surface area (Å²) in [6.07, 6.45) is -9.68. The third kappa shape index (κ3) is 8.73. The molecule has 44 heavy (non-hydrogen) atoms. The molecule has 0 aliphatic heterocycles. The number of benzene rings is 2. The number of ether oxygens (including phenoxy) is 2. The first-order chi connectivity index (χ1) is 20.3. The first-order valence-electron chi connectivity index (χ1n) is 13.6. The predicted molar refractivity (Wildman–Crippen MR) is 144 cm³/mol. The molecule has 1 fully saturated rings. The Kier molecular flexibility index (Phi) is 10.4. The molecule has 14 heteroatoms. The van der Waals surface area contributed by atoms with Gasteiger partial charge in [-0.25, -0.2) is 4.79 Å². The highest BCUT2D eigenvalue weighted by molar-refractivity contribution is 5.96. The highest BCUT2D eigenvalue weighted by Crippen LogP contribution is 2.44. The zero-order chi connectivity index (χ0) is 33.0. The first-order valence-corrected chi connectivity index (χ1v) is 13.6. The standard InChI is InChI=1S/C30H32F6N2O6/c1-28(2,3)44-26(41)17-11-12-22(20(14-17)24-19(27(42)43-4)9-6-10-21(24)30(34,35)36)38-23(39)15-37-25(40)16-7-5-8-18(13-16)29(31,32)33/h5-10,13,17,20,22H,11-12,14-15H2,1-4H3,(H,37,40)(H,38,39)/t17-,20+,22+/m1/s1. The number of alkyl halides is 6. The minimum absolute atomic E-state index is 0.00863. The van der Waals surface area contributed by atoms with Gasteiger partial charge in [0.25, 0.3) is 5.91 Å². The summed E-state index contributed by atoms with van der Waals surface area (Å²) in [4.78, 5) is 50.9. The first kappa shape index (κ1) is 34.4. The Morgan fingerprint density at radius 2 is 1.57 bits per heavy atom. The number of hydrogen-bond donors (Lipinski definition) is 2. The van der Waals surface area contributed by atoms with E-state index in [0.717, 1.165) is 43.5 Å². The van der Waals surface area contributed by atoms with E-state index in [2.05, 4.69) is 10.6 Å². The van der Waals surface area contributed by atoms with Gasteiger partial charge in [0.15, 0.2) is 0 Å². The molecule has 0 aromatic heterocycles. The summed E-state index contributed by atoms with van der Waals surface area (Å²) < 4.78 is 92.0. The minimum Gasteiger partial charge on any atom is -0.465 e. The highest BCUT2D eigenvalue weighted by atomic mass is 19.4. The predicted octanol–water partition coefficient (Wildman–Crippen LogP) is 5.65. The van der Waals surface area contributed by atoms with Gasteiger partial charge in [0, 0.05) is 17.5 Å². The Labute approximate surface area is 249 Å². The van der Waals surface area contributed by atoms with Crippen LogP contribution in [0.2, 0.25) is 0 Å². The lowest BCUT2D eigenvalue weighted by atomic mass is 9.72. The molecule has 2 aromatic carbocycles. The van der Waals surface area contributed by atoms with E-state index in [-0.39, 0.29) is 24.8 Å². The van der Waals surface area contributed by atoms with E-state index in [4.69, 9.17) is 9.47 Å². The van der Waals surface area contributed by atoms with Crippen LogP contribution in [0, 0.1) is 5.92 Å². The number of amides is 2. The van der Waals surface area contributed by atoms with Crippen molar-refractivity contribution in [2.45, 2.75) is 69.9 Å². The number of rotatable bonds is 7. The maximum atomic E-state index is 14.2. The van der Waals surface area contributed by atoms with Crippen LogP contribution in [0.4, 0.5) is 26.3 Å². The molecular weight excluding hydrogens is 598 g/mol. The summed E-state index contributed by atoms with van der Waals surface area (Å²) in [7, 11) is 1.00. The number of carbonyl (C=O) groups is 4. The molecule has 3 atom stereocenters. The normalized spacial score (nSPS) is 19.1. The number of carbonyl (C=O) groups excluding carboxylic acids is 4. The van der Waals surface area contributed by atoms with E-state index in [1.165, 1.54) is 0 Å². The topological polar surface area (TPSA) is 111 Å². The monoisotopic (exact) mass is 630 g/mol. The number of methoxy groups -OCH3 is 1. The molecule has 3 rings (SSSR count). The van der Waals surface area contributed by atoms with Gasteiger partial charge in [-0.15, -0.1) is 0 Å². The highest BCUT2D eigenvalue weighted by Gasteiger charge is 2.44. The molecule has 0 heterocycles. The summed E-state index contributed by atoms with van der Waals surface area (Å²) in [6.45, 7) is 4.20. The van der Waals surface area contributed by atoms with Gasteiger partial charge in [-0.3, -0.25) is 14.4 Å². The number of hydrogen-bond acceptors (Lipinski definition) is 6. The lowest BCUT2D eigenvalue weighted by Crippen LogP contribution is -2.48. The molecule has 240 valence electrons. The van der Waals surface area contributed by atoms with E-state index in [1.807, 2.05) is 0 Å². The number of halogens is 6. The van der Waals surface area contributed by atoms with E-state index in [9.17, 15) is 45.5 Å². The molecule has 2 aromatic rings. The lowest BCUT2D eigenvalue weighted by molar-refractivity contribution is -0.161. The molecule has 2 amide bonds. The van der Waals surface area contributed by atoms with Gasteiger partial charge >= 0.3 is 24.3 Å². The molecule has 0 bridgehead atoms. The molecule has 1 saturated carbocycles. The maximum absolute atomic E-state index is 14.2. The second kappa shape index (κ2) is 13.3. The third-order valence-corrected chi connectivity index (χ3v) is 6.99. The van der Waals surface area contributed by atoms with E-state index >= 15 is 0 Å². The Balaban J connectivity index is 1.91. The van der Waals surface area contributed by atoms with Crippen molar-refractivity contribution in [3.63, 3.8) is 0 Å². The van der Waals surface area contributed by atoms with Gasteiger partial charge in [0.1, 0.15) is 5.60 Å². The van der Waals surface area contributed by atoms with Crippen molar-refractivity contribution in [1.82, 2.24) is 10.6 Å². The Morgan fingerprint density at radius 1 is 0.909 bits per heavy atom. The van der Waals surface area contributed by atoms with Crippen molar-refractivity contribution >= 4 is 23.8 Å². The van der Waals surface area contributed by atoms with Gasteiger partial charge in [-0.1, -0.05) is 12.1 Å². The van der Waals surface area contributed by atoms with Crippen LogP contribution >= 0.6 is 0 Å². The SMILES string of the molecule is COC(=O)c1cccc(C(F)(F)F)c1[C@H]1C[C@H](C(=O)OC(C)(C)C)CC[C@@H]1NC(=O)CNC(=O)c1cccc(C(F)(F)F)c1. The molecule has 0 unspecified atom stereocenters. The number of nitrogens with one attached hydrogen (secondary N) is 2. The lowest BCUT2D eigenvalue weighted by Gasteiger charge is -2.38. The quantitative estimate of drug-likeness (QED) is 0.302. The van der Waals surface area contributed by atoms with Crippen LogP contribution in [0.15, 0.2) is 42.5 Å². The molecule has 1 aliphatic carbocycles. The third-order valence-electron chi connectivity index (χ3n) is 6.99. The Bertz CT molecular complexity index is 1400. The van der Waals surface area contributed by atoms with Crippen molar-refractivity contribution in [1.29, 1.82) is 0 Å². The molecular formula is C30H32F6N2O6. The van der Waals surface area contributed by atoms with Gasteiger partial charge in [0.2, 0.25) is 5.91 Å². The molecule has 1 aliphatic rings. The Morgan fingerprint density at radius 3 is 2.16 bits per heavy atom. The number of esters is 2. The fourth-order valence-electron chi connectivity index (χ4n) is 5.12. The second-order valence-corrected chi connectivity index (χ2v) is 11.3. The molecule has 2 N–H and O–H groups in total. The average molecular weight is 631 g/mol. The largest absolute Gasteiger partial charge is 0.465 e. The van der Waals surface area contributed by atoms with Crippen LogP contribution in [0.5, 0.6) is 0 Å². The van der Waals surface area contributed by atoms with Crippen molar-refractivity contribution in [3.05, 3.63) is 70.3 Å². The summed E-state index contributed by atoms with van der Waals surface area (Å²) >= 11 is 0. The van der Waals surface area contributed by atoms with Gasteiger partial charge in [-0.05, 0) is 75.9 Å². The van der Waals surface area contributed by atoms with Crippen molar-refractivity contribution in [3.8, 4) is 0 Å². The zero-order valence-corrected chi connectivity index (χ0v) is 24.3. The van der Waals surface area contributed by atoms with Gasteiger partial charge in [-0.2, -0.15) is 26.3 Å². The van der Waals surface area contributed by atoms with Crippen LogP contribution in [0.3, 0.4) is 0 Å². The summed E-state index contributed by atoms with van der Waals surface area (Å²) in [5, 5.41) is 4.78. The van der Waals surface area contributed by atoms with Crippen LogP contribution in [-0.2, 0) is 31.4 Å². The second-order valence-electron chi connectivity index (χ2n) is 11.3. The van der Waals surface area contributed by atoms with Gasteiger partial charge in [0.05, 0.1) is 36.3 Å². The smallest absolute Gasteiger partial charge is 0.416 e. The van der Waals surface area contributed by atoms with E-state index < -0.39 is 88.4 Å². The fourth-order valence-corrected chi connectivity index (χ4v) is 5.12. The summed E-state index contributed by atoms with van der Waals surface area (Å²) in [5.74, 6) is -5.60. The van der Waals surface area contributed by atoms with Gasteiger partial charge < -0.3 is 20.1 Å². The molecule has 0 spiro atoms. The van der Waals surface area contributed by atoms with Crippen molar-refractivity contribution < 1.29 is 55.0 Å². The average Bonchev–Trinajstić information content (AvgIpc) is 2.93. The van der Waals surface area contributed by atoms with Crippen LogP contribution < -0.4 is 10.6 Å². The Hall–Kier alpha value is -4.10. The van der Waals surface area contributed by atoms with Crippen LogP contribution in [0.1, 0.15) is 83.4 Å². The fraction of sp³-hybridized carbons (Fsp3) is 0.467. The van der Waals surface area contributed by atoms with E-state index in [0.29, 0.717) is 6.07 Å². The molecule has 8 nitrogen and oxygen atoms in total. The van der Waals surface area contributed by atoms with Crippen molar-refractivity contribution in [2.24, 2.45) is 5.92 Å². The summed E-state index contributed by atoms with van der Waals surface area (Å²) in [6, 6.07) is 5.50.